The smallest absolute Gasteiger partial charge is 0.240 e. The zero-order valence-corrected chi connectivity index (χ0v) is 10.3. The van der Waals surface area contributed by atoms with Gasteiger partial charge in [0.05, 0.1) is 0 Å². The third kappa shape index (κ3) is 1.80. The summed E-state index contributed by atoms with van der Waals surface area (Å²) in [6.45, 7) is 0. The number of nitrogens with zero attached hydrogens (tertiary/aromatic N) is 1. The molecule has 0 aliphatic carbocycles. The quantitative estimate of drug-likeness (QED) is 0.866. The van der Waals surface area contributed by atoms with Crippen LogP contribution in [-0.2, 0) is 17.1 Å². The van der Waals surface area contributed by atoms with Crippen molar-refractivity contribution in [2.45, 2.75) is 4.90 Å². The van der Waals surface area contributed by atoms with Crippen LogP contribution in [0.15, 0.2) is 33.8 Å². The highest BCUT2D eigenvalue weighted by Gasteiger charge is 2.15. The summed E-state index contributed by atoms with van der Waals surface area (Å²) >= 11 is 3.30. The number of primary sulfonamides is 1. The standard InChI is InChI=1S/C9H9BrN2O2S/c1-12-5-9(15(11,13)14)7-4-6(10)2-3-8(7)12/h2-5H,1H3,(H2,11,13,14). The Hall–Kier alpha value is -0.850. The van der Waals surface area contributed by atoms with Gasteiger partial charge >= 0.3 is 0 Å². The number of nitrogens with two attached hydrogens (primary N) is 1. The second-order valence-corrected chi connectivity index (χ2v) is 5.76. The first-order chi connectivity index (χ1) is 6.89. The molecule has 0 aliphatic rings. The van der Waals surface area contributed by atoms with E-state index in [1.807, 2.05) is 12.1 Å². The molecule has 6 heteroatoms. The molecule has 0 saturated carbocycles. The van der Waals surface area contributed by atoms with E-state index in [0.717, 1.165) is 9.99 Å². The number of sulfonamides is 1. The van der Waals surface area contributed by atoms with E-state index in [9.17, 15) is 8.42 Å². The maximum atomic E-state index is 11.3. The van der Waals surface area contributed by atoms with Gasteiger partial charge in [0.15, 0.2) is 0 Å². The normalized spacial score (nSPS) is 12.2. The molecule has 0 saturated heterocycles. The van der Waals surface area contributed by atoms with Crippen molar-refractivity contribution in [3.63, 3.8) is 0 Å². The molecule has 0 bridgehead atoms. The summed E-state index contributed by atoms with van der Waals surface area (Å²) in [5, 5.41) is 5.76. The average Bonchev–Trinajstić information content (AvgIpc) is 2.42. The molecule has 0 unspecified atom stereocenters. The average molecular weight is 289 g/mol. The maximum Gasteiger partial charge on any atom is 0.240 e. The Labute approximate surface area is 95.9 Å². The van der Waals surface area contributed by atoms with E-state index in [4.69, 9.17) is 5.14 Å². The van der Waals surface area contributed by atoms with Crippen LogP contribution in [0, 0.1) is 0 Å². The molecule has 80 valence electrons. The summed E-state index contributed by atoms with van der Waals surface area (Å²) in [5.41, 5.74) is 0.835. The molecule has 0 atom stereocenters. The zero-order chi connectivity index (χ0) is 11.2. The molecule has 2 rings (SSSR count). The van der Waals surface area contributed by atoms with E-state index >= 15 is 0 Å². The van der Waals surface area contributed by atoms with Crippen molar-refractivity contribution < 1.29 is 8.42 Å². The van der Waals surface area contributed by atoms with Gasteiger partial charge < -0.3 is 4.57 Å². The Kier molecular flexibility index (Phi) is 2.37. The van der Waals surface area contributed by atoms with Crippen LogP contribution >= 0.6 is 15.9 Å². The summed E-state index contributed by atoms with van der Waals surface area (Å²) in [5.74, 6) is 0. The first-order valence-corrected chi connectivity index (χ1v) is 6.51. The first-order valence-electron chi connectivity index (χ1n) is 4.17. The Morgan fingerprint density at radius 1 is 1.40 bits per heavy atom. The van der Waals surface area contributed by atoms with Gasteiger partial charge in [0, 0.05) is 28.6 Å². The molecule has 0 amide bonds. The first kappa shape index (κ1) is 10.7. The monoisotopic (exact) mass is 288 g/mol. The van der Waals surface area contributed by atoms with Gasteiger partial charge in [0.1, 0.15) is 4.90 Å². The summed E-state index contributed by atoms with van der Waals surface area (Å²) in [6.07, 6.45) is 1.52. The van der Waals surface area contributed by atoms with E-state index in [2.05, 4.69) is 15.9 Å². The number of hydrogen-bond donors (Lipinski definition) is 1. The number of halogens is 1. The number of hydrogen-bond acceptors (Lipinski definition) is 2. The predicted octanol–water partition coefficient (Wildman–Crippen LogP) is 1.59. The fourth-order valence-electron chi connectivity index (χ4n) is 1.55. The van der Waals surface area contributed by atoms with E-state index in [1.165, 1.54) is 6.20 Å². The van der Waals surface area contributed by atoms with E-state index in [0.29, 0.717) is 5.39 Å². The molecule has 2 aromatic rings. The van der Waals surface area contributed by atoms with Crippen molar-refractivity contribution in [2.24, 2.45) is 12.2 Å². The fourth-order valence-corrected chi connectivity index (χ4v) is 2.69. The lowest BCUT2D eigenvalue weighted by molar-refractivity contribution is 0.598. The summed E-state index contributed by atoms with van der Waals surface area (Å²) in [6, 6.07) is 5.44. The van der Waals surface area contributed by atoms with Crippen LogP contribution in [0.25, 0.3) is 10.9 Å². The van der Waals surface area contributed by atoms with Gasteiger partial charge in [-0.05, 0) is 18.2 Å². The molecule has 1 aromatic heterocycles. The number of aromatic nitrogens is 1. The number of fused-ring (bicyclic) bond motifs is 1. The minimum atomic E-state index is -3.67. The highest BCUT2D eigenvalue weighted by Crippen LogP contribution is 2.26. The lowest BCUT2D eigenvalue weighted by atomic mass is 10.2. The van der Waals surface area contributed by atoms with Gasteiger partial charge in [0.2, 0.25) is 10.0 Å². The van der Waals surface area contributed by atoms with Gasteiger partial charge in [-0.15, -0.1) is 0 Å². The topological polar surface area (TPSA) is 65.1 Å². The number of aryl methyl sites for hydroxylation is 1. The Morgan fingerprint density at radius 2 is 2.07 bits per heavy atom. The van der Waals surface area contributed by atoms with Gasteiger partial charge in [0.25, 0.3) is 0 Å². The van der Waals surface area contributed by atoms with Crippen LogP contribution in [0.3, 0.4) is 0 Å². The summed E-state index contributed by atoms with van der Waals surface area (Å²) < 4.78 is 25.2. The van der Waals surface area contributed by atoms with Crippen LogP contribution in [0.4, 0.5) is 0 Å². The van der Waals surface area contributed by atoms with Crippen LogP contribution in [0.1, 0.15) is 0 Å². The molecule has 0 fully saturated rings. The molecule has 0 aliphatic heterocycles. The van der Waals surface area contributed by atoms with Crippen LogP contribution in [0.2, 0.25) is 0 Å². The van der Waals surface area contributed by atoms with Crippen molar-refractivity contribution >= 4 is 36.9 Å². The highest BCUT2D eigenvalue weighted by molar-refractivity contribution is 9.10. The summed E-state index contributed by atoms with van der Waals surface area (Å²) in [4.78, 5) is 0.154. The van der Waals surface area contributed by atoms with Crippen molar-refractivity contribution in [3.8, 4) is 0 Å². The third-order valence-corrected chi connectivity index (χ3v) is 3.65. The van der Waals surface area contributed by atoms with Gasteiger partial charge in [-0.3, -0.25) is 0 Å². The molecule has 0 spiro atoms. The minimum Gasteiger partial charge on any atom is -0.349 e. The molecular weight excluding hydrogens is 280 g/mol. The molecular formula is C9H9BrN2O2S. The zero-order valence-electron chi connectivity index (χ0n) is 7.94. The molecule has 1 heterocycles. The van der Waals surface area contributed by atoms with E-state index in [1.54, 1.807) is 17.7 Å². The van der Waals surface area contributed by atoms with Crippen molar-refractivity contribution in [1.82, 2.24) is 4.57 Å². The second-order valence-electron chi connectivity index (χ2n) is 3.31. The van der Waals surface area contributed by atoms with Crippen LogP contribution in [0.5, 0.6) is 0 Å². The number of benzene rings is 1. The molecule has 1 aromatic carbocycles. The van der Waals surface area contributed by atoms with Gasteiger partial charge in [-0.1, -0.05) is 15.9 Å². The highest BCUT2D eigenvalue weighted by atomic mass is 79.9. The van der Waals surface area contributed by atoms with Crippen molar-refractivity contribution in [1.29, 1.82) is 0 Å². The molecule has 15 heavy (non-hydrogen) atoms. The molecule has 2 N–H and O–H groups in total. The third-order valence-electron chi connectivity index (χ3n) is 2.22. The number of rotatable bonds is 1. The lowest BCUT2D eigenvalue weighted by Gasteiger charge is -1.96. The Balaban J connectivity index is 2.94. The van der Waals surface area contributed by atoms with Gasteiger partial charge in [-0.25, -0.2) is 13.6 Å². The summed E-state index contributed by atoms with van der Waals surface area (Å²) in [7, 11) is -1.88. The Bertz CT molecular complexity index is 631. The van der Waals surface area contributed by atoms with Crippen molar-refractivity contribution in [3.05, 3.63) is 28.9 Å². The maximum absolute atomic E-state index is 11.3. The largest absolute Gasteiger partial charge is 0.349 e. The minimum absolute atomic E-state index is 0.154. The predicted molar refractivity (Wildman–Crippen MR) is 62.0 cm³/mol. The van der Waals surface area contributed by atoms with E-state index in [-0.39, 0.29) is 4.90 Å². The van der Waals surface area contributed by atoms with Crippen LogP contribution in [-0.4, -0.2) is 13.0 Å². The second kappa shape index (κ2) is 3.33. The fraction of sp³-hybridized carbons (Fsp3) is 0.111. The Morgan fingerprint density at radius 3 is 2.67 bits per heavy atom. The lowest BCUT2D eigenvalue weighted by Crippen LogP contribution is -2.11. The SMILES string of the molecule is Cn1cc(S(N)(=O)=O)c2cc(Br)ccc21. The molecule has 4 nitrogen and oxygen atoms in total. The van der Waals surface area contributed by atoms with Crippen molar-refractivity contribution in [2.75, 3.05) is 0 Å². The van der Waals surface area contributed by atoms with Gasteiger partial charge in [-0.2, -0.15) is 0 Å². The van der Waals surface area contributed by atoms with E-state index < -0.39 is 10.0 Å². The molecule has 0 radical (unpaired) electrons. The van der Waals surface area contributed by atoms with Crippen LogP contribution < -0.4 is 5.14 Å².